The van der Waals surface area contributed by atoms with E-state index in [1.54, 1.807) is 7.05 Å². The number of amides is 1. The molecule has 5 nitrogen and oxygen atoms in total. The first-order valence-electron chi connectivity index (χ1n) is 7.46. The summed E-state index contributed by atoms with van der Waals surface area (Å²) in [5.41, 5.74) is 0.146. The second-order valence-corrected chi connectivity index (χ2v) is 5.73. The minimum atomic E-state index is 0. The number of carbonyl (C=O) groups excluding carboxylic acids is 1. The third-order valence-corrected chi connectivity index (χ3v) is 4.63. The van der Waals surface area contributed by atoms with Crippen molar-refractivity contribution < 1.29 is 9.53 Å². The van der Waals surface area contributed by atoms with Gasteiger partial charge in [0.15, 0.2) is 0 Å². The highest BCUT2D eigenvalue weighted by Crippen LogP contribution is 2.38. The van der Waals surface area contributed by atoms with Crippen LogP contribution in [-0.2, 0) is 9.53 Å². The van der Waals surface area contributed by atoms with Crippen LogP contribution in [0.2, 0.25) is 0 Å². The highest BCUT2D eigenvalue weighted by Gasteiger charge is 2.44. The molecule has 2 fully saturated rings. The van der Waals surface area contributed by atoms with E-state index in [1.807, 2.05) is 0 Å². The quantitative estimate of drug-likeness (QED) is 0.788. The molecule has 0 spiro atoms. The number of carbonyl (C=O) groups is 1. The van der Waals surface area contributed by atoms with Crippen molar-refractivity contribution >= 4 is 30.7 Å². The summed E-state index contributed by atoms with van der Waals surface area (Å²) < 4.78 is 5.46. The van der Waals surface area contributed by atoms with Crippen molar-refractivity contribution in [2.75, 3.05) is 39.9 Å². The van der Waals surface area contributed by atoms with Crippen molar-refractivity contribution in [1.82, 2.24) is 15.5 Å². The standard InChI is InChI=1S/C14H27N3O2.2ClH/c1-12(16-13(18)11-15-2)14(5-3-4-6-14)17-7-9-19-10-8-17;;/h12,15H,3-11H2,1-2H3,(H,16,18);2*1H. The summed E-state index contributed by atoms with van der Waals surface area (Å²) in [6.07, 6.45) is 4.91. The van der Waals surface area contributed by atoms with Crippen LogP contribution in [0, 0.1) is 0 Å². The maximum atomic E-state index is 11.8. The van der Waals surface area contributed by atoms with E-state index in [4.69, 9.17) is 4.74 Å². The van der Waals surface area contributed by atoms with Crippen molar-refractivity contribution in [2.24, 2.45) is 0 Å². The first-order chi connectivity index (χ1) is 9.19. The van der Waals surface area contributed by atoms with Crippen LogP contribution < -0.4 is 10.6 Å². The first kappa shape index (κ1) is 20.9. The third kappa shape index (κ3) is 4.96. The monoisotopic (exact) mass is 341 g/mol. The molecule has 1 aliphatic carbocycles. The molecule has 1 unspecified atom stereocenters. The Morgan fingerprint density at radius 2 is 1.81 bits per heavy atom. The summed E-state index contributed by atoms with van der Waals surface area (Å²) in [4.78, 5) is 14.4. The number of likely N-dealkylation sites (N-methyl/N-ethyl adjacent to an activating group) is 1. The van der Waals surface area contributed by atoms with Crippen LogP contribution in [0.4, 0.5) is 0 Å². The van der Waals surface area contributed by atoms with Crippen LogP contribution in [0.3, 0.4) is 0 Å². The molecule has 1 heterocycles. The van der Waals surface area contributed by atoms with Crippen molar-refractivity contribution in [3.63, 3.8) is 0 Å². The predicted molar refractivity (Wildman–Crippen MR) is 89.6 cm³/mol. The normalized spacial score (nSPS) is 22.8. The zero-order valence-electron chi connectivity index (χ0n) is 13.0. The van der Waals surface area contributed by atoms with Gasteiger partial charge in [-0.15, -0.1) is 24.8 Å². The van der Waals surface area contributed by atoms with Crippen LogP contribution in [0.15, 0.2) is 0 Å². The van der Waals surface area contributed by atoms with Gasteiger partial charge in [-0.3, -0.25) is 9.69 Å². The molecule has 7 heteroatoms. The Labute approximate surface area is 140 Å². The summed E-state index contributed by atoms with van der Waals surface area (Å²) >= 11 is 0. The van der Waals surface area contributed by atoms with Gasteiger partial charge in [-0.25, -0.2) is 0 Å². The van der Waals surface area contributed by atoms with E-state index >= 15 is 0 Å². The van der Waals surface area contributed by atoms with Crippen LogP contribution in [0.5, 0.6) is 0 Å². The lowest BCUT2D eigenvalue weighted by atomic mass is 9.86. The maximum absolute atomic E-state index is 11.8. The Bertz CT molecular complexity index is 307. The highest BCUT2D eigenvalue weighted by atomic mass is 35.5. The lowest BCUT2D eigenvalue weighted by Gasteiger charge is -2.47. The lowest BCUT2D eigenvalue weighted by Crippen LogP contribution is -2.62. The molecule has 126 valence electrons. The molecule has 2 aliphatic rings. The molecular weight excluding hydrogens is 313 g/mol. The van der Waals surface area contributed by atoms with E-state index in [0.29, 0.717) is 6.54 Å². The third-order valence-electron chi connectivity index (χ3n) is 4.63. The van der Waals surface area contributed by atoms with Gasteiger partial charge in [0.25, 0.3) is 0 Å². The number of ether oxygens (including phenoxy) is 1. The van der Waals surface area contributed by atoms with Crippen molar-refractivity contribution in [3.8, 4) is 0 Å². The molecule has 1 saturated carbocycles. The molecule has 2 rings (SSSR count). The molecule has 1 amide bonds. The second-order valence-electron chi connectivity index (χ2n) is 5.73. The Balaban J connectivity index is 0.00000200. The molecule has 1 aliphatic heterocycles. The van der Waals surface area contributed by atoms with Gasteiger partial charge in [0.1, 0.15) is 0 Å². The number of nitrogens with zero attached hydrogens (tertiary/aromatic N) is 1. The minimum absolute atomic E-state index is 0. The minimum Gasteiger partial charge on any atom is -0.379 e. The number of halogens is 2. The number of nitrogens with one attached hydrogen (secondary N) is 2. The molecule has 0 bridgehead atoms. The summed E-state index contributed by atoms with van der Waals surface area (Å²) in [6.45, 7) is 6.17. The van der Waals surface area contributed by atoms with Gasteiger partial charge in [0.05, 0.1) is 19.8 Å². The SMILES string of the molecule is CNCC(=O)NC(C)C1(N2CCOCC2)CCCC1.Cl.Cl. The molecule has 0 radical (unpaired) electrons. The van der Waals surface area contributed by atoms with Gasteiger partial charge in [-0.05, 0) is 26.8 Å². The van der Waals surface area contributed by atoms with E-state index in [1.165, 1.54) is 25.7 Å². The Morgan fingerprint density at radius 1 is 1.24 bits per heavy atom. The molecule has 1 saturated heterocycles. The van der Waals surface area contributed by atoms with E-state index in [-0.39, 0.29) is 42.3 Å². The topological polar surface area (TPSA) is 53.6 Å². The van der Waals surface area contributed by atoms with Crippen LogP contribution >= 0.6 is 24.8 Å². The van der Waals surface area contributed by atoms with Gasteiger partial charge in [0, 0.05) is 24.7 Å². The molecule has 0 aromatic heterocycles. The van der Waals surface area contributed by atoms with Crippen LogP contribution in [0.1, 0.15) is 32.6 Å². The van der Waals surface area contributed by atoms with Crippen molar-refractivity contribution in [3.05, 3.63) is 0 Å². The molecule has 0 aromatic carbocycles. The smallest absolute Gasteiger partial charge is 0.234 e. The fourth-order valence-corrected chi connectivity index (χ4v) is 3.61. The highest BCUT2D eigenvalue weighted by molar-refractivity contribution is 5.85. The summed E-state index contributed by atoms with van der Waals surface area (Å²) in [5.74, 6) is 0.0922. The summed E-state index contributed by atoms with van der Waals surface area (Å²) in [7, 11) is 1.80. The fraction of sp³-hybridized carbons (Fsp3) is 0.929. The average molecular weight is 342 g/mol. The van der Waals surface area contributed by atoms with Crippen LogP contribution in [-0.4, -0.2) is 62.3 Å². The Hall–Kier alpha value is -0.0700. The molecule has 1 atom stereocenters. The Morgan fingerprint density at radius 3 is 2.33 bits per heavy atom. The average Bonchev–Trinajstić information content (AvgIpc) is 2.90. The van der Waals surface area contributed by atoms with Crippen molar-refractivity contribution in [1.29, 1.82) is 0 Å². The van der Waals surface area contributed by atoms with E-state index in [2.05, 4.69) is 22.5 Å². The number of hydrogen-bond donors (Lipinski definition) is 2. The maximum Gasteiger partial charge on any atom is 0.234 e. The van der Waals surface area contributed by atoms with Gasteiger partial charge in [0.2, 0.25) is 5.91 Å². The number of hydrogen-bond acceptors (Lipinski definition) is 4. The van der Waals surface area contributed by atoms with E-state index in [9.17, 15) is 4.79 Å². The zero-order chi connectivity index (χ0) is 13.7. The second kappa shape index (κ2) is 9.85. The van der Waals surface area contributed by atoms with Crippen LogP contribution in [0.25, 0.3) is 0 Å². The number of rotatable bonds is 5. The predicted octanol–water partition coefficient (Wildman–Crippen LogP) is 1.20. The molecule has 21 heavy (non-hydrogen) atoms. The van der Waals surface area contributed by atoms with Gasteiger partial charge in [-0.2, -0.15) is 0 Å². The largest absolute Gasteiger partial charge is 0.379 e. The Kier molecular flexibility index (Phi) is 9.81. The molecule has 0 aromatic rings. The lowest BCUT2D eigenvalue weighted by molar-refractivity contribution is -0.122. The number of morpholine rings is 1. The van der Waals surface area contributed by atoms with Gasteiger partial charge >= 0.3 is 0 Å². The fourth-order valence-electron chi connectivity index (χ4n) is 3.61. The van der Waals surface area contributed by atoms with E-state index < -0.39 is 0 Å². The van der Waals surface area contributed by atoms with Gasteiger partial charge < -0.3 is 15.4 Å². The summed E-state index contributed by atoms with van der Waals surface area (Å²) in [5, 5.41) is 6.09. The summed E-state index contributed by atoms with van der Waals surface area (Å²) in [6, 6.07) is 0.203. The zero-order valence-corrected chi connectivity index (χ0v) is 14.7. The van der Waals surface area contributed by atoms with Gasteiger partial charge in [-0.1, -0.05) is 12.8 Å². The van der Waals surface area contributed by atoms with E-state index in [0.717, 1.165) is 26.3 Å². The van der Waals surface area contributed by atoms with Crippen molar-refractivity contribution in [2.45, 2.75) is 44.2 Å². The molecular formula is C14H29Cl2N3O2. The first-order valence-corrected chi connectivity index (χ1v) is 7.46. The molecule has 2 N–H and O–H groups in total.